The molecule has 1 aromatic rings. The van der Waals surface area contributed by atoms with Crippen LogP contribution in [-0.2, 0) is 0 Å². The Morgan fingerprint density at radius 1 is 0.846 bits per heavy atom. The minimum absolute atomic E-state index is 0. The maximum absolute atomic E-state index is 3.72. The van der Waals surface area contributed by atoms with Gasteiger partial charge in [0.25, 0.3) is 0 Å². The predicted molar refractivity (Wildman–Crippen MR) is 63.1 cm³/mol. The summed E-state index contributed by atoms with van der Waals surface area (Å²) < 4.78 is 0. The third kappa shape index (κ3) is 14.6. The Kier molecular flexibility index (Phi) is 16.9. The zero-order valence-corrected chi connectivity index (χ0v) is 8.00. The van der Waals surface area contributed by atoms with Gasteiger partial charge in [-0.1, -0.05) is 75.9 Å². The molecule has 0 spiro atoms. The molecule has 0 saturated heterocycles. The number of rotatable bonds is 3. The van der Waals surface area contributed by atoms with Crippen molar-refractivity contribution in [1.82, 2.24) is 0 Å². The molecule has 1 aromatic carbocycles. The van der Waals surface area contributed by atoms with E-state index in [1.165, 1.54) is 19.3 Å². The first-order valence-electron chi connectivity index (χ1n) is 4.71. The van der Waals surface area contributed by atoms with Crippen LogP contribution in [-0.4, -0.2) is 18.9 Å². The van der Waals surface area contributed by atoms with Gasteiger partial charge in [0.1, 0.15) is 0 Å². The molecule has 0 atom stereocenters. The van der Waals surface area contributed by atoms with Crippen molar-refractivity contribution in [3.8, 4) is 0 Å². The minimum atomic E-state index is 0. The molecule has 0 unspecified atom stereocenters. The van der Waals surface area contributed by atoms with Crippen molar-refractivity contribution >= 4 is 18.9 Å². The second kappa shape index (κ2) is 14.3. The Bertz CT molecular complexity index is 118. The van der Waals surface area contributed by atoms with E-state index >= 15 is 0 Å². The van der Waals surface area contributed by atoms with Crippen molar-refractivity contribution in [2.45, 2.75) is 32.6 Å². The van der Waals surface area contributed by atoms with Gasteiger partial charge in [0, 0.05) is 0 Å². The van der Waals surface area contributed by atoms with Crippen LogP contribution < -0.4 is 0 Å². The molecule has 0 aliphatic carbocycles. The number of hydrogen-bond donors (Lipinski definition) is 0. The fourth-order valence-electron chi connectivity index (χ4n) is 0.812. The monoisotopic (exact) mass is 171 g/mol. The summed E-state index contributed by atoms with van der Waals surface area (Å²) in [7, 11) is 0. The van der Waals surface area contributed by atoms with Crippen LogP contribution in [0.4, 0.5) is 0 Å². The van der Waals surface area contributed by atoms with Crippen molar-refractivity contribution in [1.29, 1.82) is 0 Å². The van der Waals surface area contributed by atoms with E-state index < -0.39 is 0 Å². The molecule has 0 saturated carbocycles. The van der Waals surface area contributed by atoms with Crippen molar-refractivity contribution in [3.63, 3.8) is 0 Å². The molecule has 0 fully saturated rings. The molecule has 0 N–H and O–H groups in total. The molecule has 1 radical (unpaired) electrons. The normalized spacial score (nSPS) is 7.85. The zero-order valence-electron chi connectivity index (χ0n) is 8.00. The van der Waals surface area contributed by atoms with E-state index in [0.717, 1.165) is 6.42 Å². The van der Waals surface area contributed by atoms with Crippen LogP contribution in [0.5, 0.6) is 0 Å². The van der Waals surface area contributed by atoms with Gasteiger partial charge < -0.3 is 0 Å². The maximum atomic E-state index is 3.72. The third-order valence-electron chi connectivity index (χ3n) is 1.52. The smallest absolute Gasteiger partial charge is 0.0623 e. The topological polar surface area (TPSA) is 0 Å². The summed E-state index contributed by atoms with van der Waals surface area (Å²) in [5, 5.41) is 0. The van der Waals surface area contributed by atoms with Crippen LogP contribution in [0.2, 0.25) is 0 Å². The SMILES string of the molecule is [CH2]CCCCC.[LiH].c1ccccc1. The van der Waals surface area contributed by atoms with Gasteiger partial charge in [-0.3, -0.25) is 0 Å². The Hall–Kier alpha value is -0.183. The summed E-state index contributed by atoms with van der Waals surface area (Å²) in [6, 6.07) is 12.0. The van der Waals surface area contributed by atoms with E-state index in [1.807, 2.05) is 36.4 Å². The molecule has 0 nitrogen and oxygen atoms in total. The van der Waals surface area contributed by atoms with Crippen molar-refractivity contribution in [3.05, 3.63) is 43.3 Å². The fraction of sp³-hybridized carbons (Fsp3) is 0.417. The Morgan fingerprint density at radius 2 is 1.23 bits per heavy atom. The second-order valence-corrected chi connectivity index (χ2v) is 2.72. The predicted octanol–water partition coefficient (Wildman–Crippen LogP) is 3.44. The van der Waals surface area contributed by atoms with Gasteiger partial charge >= 0.3 is 18.9 Å². The van der Waals surface area contributed by atoms with E-state index in [2.05, 4.69) is 13.8 Å². The van der Waals surface area contributed by atoms with E-state index in [-0.39, 0.29) is 18.9 Å². The Labute approximate surface area is 94.9 Å². The fourth-order valence-corrected chi connectivity index (χ4v) is 0.812. The molecule has 0 aromatic heterocycles. The van der Waals surface area contributed by atoms with Crippen LogP contribution in [0.1, 0.15) is 32.6 Å². The van der Waals surface area contributed by atoms with Crippen molar-refractivity contribution < 1.29 is 0 Å². The van der Waals surface area contributed by atoms with Gasteiger partial charge in [-0.15, -0.1) is 0 Å². The molecule has 0 aliphatic heterocycles. The molecule has 0 aliphatic rings. The number of benzene rings is 1. The van der Waals surface area contributed by atoms with Crippen molar-refractivity contribution in [2.24, 2.45) is 0 Å². The summed E-state index contributed by atoms with van der Waals surface area (Å²) >= 11 is 0. The first-order valence-corrected chi connectivity index (χ1v) is 4.71. The van der Waals surface area contributed by atoms with Crippen molar-refractivity contribution in [2.75, 3.05) is 0 Å². The van der Waals surface area contributed by atoms with Crippen LogP contribution in [0.25, 0.3) is 0 Å². The first kappa shape index (κ1) is 15.3. The van der Waals surface area contributed by atoms with E-state index in [4.69, 9.17) is 0 Å². The van der Waals surface area contributed by atoms with Gasteiger partial charge in [0.2, 0.25) is 0 Å². The molecule has 69 valence electrons. The molecule has 13 heavy (non-hydrogen) atoms. The van der Waals surface area contributed by atoms with Crippen LogP contribution >= 0.6 is 0 Å². The van der Waals surface area contributed by atoms with E-state index in [9.17, 15) is 0 Å². The summed E-state index contributed by atoms with van der Waals surface area (Å²) in [6.45, 7) is 5.93. The second-order valence-electron chi connectivity index (χ2n) is 2.72. The average Bonchev–Trinajstić information content (AvgIpc) is 2.18. The van der Waals surface area contributed by atoms with E-state index in [0.29, 0.717) is 0 Å². The number of hydrogen-bond acceptors (Lipinski definition) is 0. The van der Waals surface area contributed by atoms with Gasteiger partial charge in [-0.2, -0.15) is 0 Å². The molecular weight excluding hydrogens is 151 g/mol. The number of unbranched alkanes of at least 4 members (excludes halogenated alkanes) is 3. The largest absolute Gasteiger partial charge is 0.0623 e. The summed E-state index contributed by atoms with van der Waals surface area (Å²) in [6.07, 6.45) is 5.07. The third-order valence-corrected chi connectivity index (χ3v) is 1.52. The molecule has 0 amide bonds. The molecule has 0 bridgehead atoms. The molecule has 0 heterocycles. The minimum Gasteiger partial charge on any atom is -0.0623 e. The van der Waals surface area contributed by atoms with Gasteiger partial charge in [0.05, 0.1) is 0 Å². The Morgan fingerprint density at radius 3 is 1.38 bits per heavy atom. The summed E-state index contributed by atoms with van der Waals surface area (Å²) in [5.41, 5.74) is 0. The zero-order chi connectivity index (χ0) is 9.07. The maximum Gasteiger partial charge on any atom is -0.0623 e. The molecule has 1 rings (SSSR count). The van der Waals surface area contributed by atoms with Crippen LogP contribution in [0, 0.1) is 6.92 Å². The summed E-state index contributed by atoms with van der Waals surface area (Å²) in [5.74, 6) is 0. The molecule has 1 heteroatoms. The van der Waals surface area contributed by atoms with Gasteiger partial charge in [0.15, 0.2) is 0 Å². The standard InChI is InChI=1S/C6H6.C6H13.Li.H/c1-2-4-6-5-3-1;1-3-5-6-4-2;;/h1-6H;1,3-6H2,2H3;;. The van der Waals surface area contributed by atoms with Gasteiger partial charge in [-0.25, -0.2) is 0 Å². The first-order chi connectivity index (χ1) is 5.91. The average molecular weight is 171 g/mol. The van der Waals surface area contributed by atoms with E-state index in [1.54, 1.807) is 0 Å². The molecular formula is C12H20Li. The summed E-state index contributed by atoms with van der Waals surface area (Å²) in [4.78, 5) is 0. The van der Waals surface area contributed by atoms with Gasteiger partial charge in [-0.05, 0) is 0 Å². The van der Waals surface area contributed by atoms with Crippen LogP contribution in [0.3, 0.4) is 0 Å². The quantitative estimate of drug-likeness (QED) is 0.482. The Balaban J connectivity index is 0. The van der Waals surface area contributed by atoms with Crippen LogP contribution in [0.15, 0.2) is 36.4 Å².